The first-order valence-corrected chi connectivity index (χ1v) is 14.4. The van der Waals surface area contributed by atoms with Crippen LogP contribution in [0.25, 0.3) is 11.3 Å². The summed E-state index contributed by atoms with van der Waals surface area (Å²) in [5.74, 6) is 0.929. The van der Waals surface area contributed by atoms with Gasteiger partial charge in [-0.15, -0.1) is 0 Å². The van der Waals surface area contributed by atoms with Gasteiger partial charge >= 0.3 is 0 Å². The van der Waals surface area contributed by atoms with Gasteiger partial charge in [0.25, 0.3) is 15.9 Å². The lowest BCUT2D eigenvalue weighted by molar-refractivity contribution is 0.0981. The fourth-order valence-corrected chi connectivity index (χ4v) is 5.83. The van der Waals surface area contributed by atoms with Crippen LogP contribution >= 0.6 is 0 Å². The van der Waals surface area contributed by atoms with Gasteiger partial charge < -0.3 is 15.4 Å². The van der Waals surface area contributed by atoms with Crippen molar-refractivity contribution in [2.45, 2.75) is 58.5 Å². The summed E-state index contributed by atoms with van der Waals surface area (Å²) in [4.78, 5) is 28.8. The summed E-state index contributed by atoms with van der Waals surface area (Å²) in [5, 5.41) is -0.335. The number of nitrogen functional groups attached to an aromatic ring is 1. The van der Waals surface area contributed by atoms with Crippen LogP contribution in [0.2, 0.25) is 0 Å². The second-order valence-corrected chi connectivity index (χ2v) is 12.8. The topological polar surface area (TPSA) is 140 Å². The molecule has 3 aromatic heterocycles. The number of hydrogen-bond donors (Lipinski definition) is 2. The average Bonchev–Trinajstić information content (AvgIpc) is 3.13. The summed E-state index contributed by atoms with van der Waals surface area (Å²) < 4.78 is 33.8. The van der Waals surface area contributed by atoms with E-state index in [0.29, 0.717) is 42.4 Å². The molecular weight excluding hydrogens is 516 g/mol. The molecule has 1 amide bonds. The molecule has 1 unspecified atom stereocenters. The SMILES string of the molecule is Cc1nc(OCC(C)C)ccc1-c1ccc(C(=O)NS(=O)(=O)c2cccc(N)n2)c(N2CC(C)CC2(C)C)n1. The summed E-state index contributed by atoms with van der Waals surface area (Å²) in [6, 6.07) is 11.2. The van der Waals surface area contributed by atoms with Crippen molar-refractivity contribution in [3.05, 3.63) is 53.7 Å². The van der Waals surface area contributed by atoms with Crippen molar-refractivity contribution in [1.29, 1.82) is 0 Å². The minimum Gasteiger partial charge on any atom is -0.477 e. The molecule has 11 heteroatoms. The van der Waals surface area contributed by atoms with E-state index in [1.54, 1.807) is 18.2 Å². The molecule has 208 valence electrons. The highest BCUT2D eigenvalue weighted by atomic mass is 32.2. The lowest BCUT2D eigenvalue weighted by Gasteiger charge is -2.34. The molecule has 1 fully saturated rings. The van der Waals surface area contributed by atoms with E-state index >= 15 is 0 Å². The van der Waals surface area contributed by atoms with Gasteiger partial charge in [-0.05, 0) is 69.4 Å². The summed E-state index contributed by atoms with van der Waals surface area (Å²) in [7, 11) is -4.26. The van der Waals surface area contributed by atoms with Gasteiger partial charge in [-0.3, -0.25) is 4.79 Å². The molecule has 3 N–H and O–H groups in total. The van der Waals surface area contributed by atoms with Gasteiger partial charge in [-0.25, -0.2) is 19.7 Å². The predicted molar refractivity (Wildman–Crippen MR) is 151 cm³/mol. The predicted octanol–water partition coefficient (Wildman–Crippen LogP) is 4.21. The number of nitrogens with one attached hydrogen (secondary N) is 1. The molecule has 1 saturated heterocycles. The third-order valence-electron chi connectivity index (χ3n) is 6.60. The Hall–Kier alpha value is -3.73. The maximum Gasteiger partial charge on any atom is 0.281 e. The van der Waals surface area contributed by atoms with Crippen molar-refractivity contribution in [2.24, 2.45) is 11.8 Å². The average molecular weight is 553 g/mol. The number of pyridine rings is 3. The van der Waals surface area contributed by atoms with E-state index in [2.05, 4.69) is 54.2 Å². The Labute approximate surface area is 230 Å². The van der Waals surface area contributed by atoms with Crippen molar-refractivity contribution in [3.63, 3.8) is 0 Å². The number of nitrogens with zero attached hydrogens (tertiary/aromatic N) is 4. The number of hydrogen-bond acceptors (Lipinski definition) is 9. The van der Waals surface area contributed by atoms with E-state index in [-0.39, 0.29) is 21.9 Å². The lowest BCUT2D eigenvalue weighted by atomic mass is 9.97. The first-order valence-electron chi connectivity index (χ1n) is 13.0. The van der Waals surface area contributed by atoms with Gasteiger partial charge in [0, 0.05) is 23.7 Å². The fraction of sp³-hybridized carbons (Fsp3) is 0.429. The number of sulfonamides is 1. The highest BCUT2D eigenvalue weighted by Crippen LogP contribution is 2.38. The Kier molecular flexibility index (Phi) is 7.83. The molecule has 0 spiro atoms. The Morgan fingerprint density at radius 3 is 2.51 bits per heavy atom. The first kappa shape index (κ1) is 28.3. The van der Waals surface area contributed by atoms with E-state index in [1.807, 2.05) is 13.0 Å². The summed E-state index contributed by atoms with van der Waals surface area (Å²) in [6.45, 7) is 13.6. The summed E-state index contributed by atoms with van der Waals surface area (Å²) in [6.07, 6.45) is 0.897. The number of carbonyl (C=O) groups is 1. The second-order valence-electron chi connectivity index (χ2n) is 11.1. The molecule has 10 nitrogen and oxygen atoms in total. The minimum atomic E-state index is -4.26. The molecule has 3 aromatic rings. The van der Waals surface area contributed by atoms with Gasteiger partial charge in [0.1, 0.15) is 11.6 Å². The van der Waals surface area contributed by atoms with Crippen LogP contribution in [0.4, 0.5) is 11.6 Å². The maximum atomic E-state index is 13.4. The number of amides is 1. The normalized spacial score (nSPS) is 16.9. The third-order valence-corrected chi connectivity index (χ3v) is 7.83. The molecule has 0 aromatic carbocycles. The summed E-state index contributed by atoms with van der Waals surface area (Å²) >= 11 is 0. The Bertz CT molecular complexity index is 1490. The third kappa shape index (κ3) is 6.30. The molecule has 4 rings (SSSR count). The molecule has 0 aliphatic carbocycles. The van der Waals surface area contributed by atoms with Crippen LogP contribution < -0.4 is 20.1 Å². The monoisotopic (exact) mass is 552 g/mol. The van der Waals surface area contributed by atoms with Gasteiger partial charge in [-0.1, -0.05) is 26.8 Å². The first-order chi connectivity index (χ1) is 18.3. The number of nitrogens with two attached hydrogens (primary N) is 1. The summed E-state index contributed by atoms with van der Waals surface area (Å²) in [5.41, 5.74) is 7.65. The Balaban J connectivity index is 1.74. The van der Waals surface area contributed by atoms with E-state index in [4.69, 9.17) is 15.5 Å². The van der Waals surface area contributed by atoms with Crippen LogP contribution in [0.1, 0.15) is 57.1 Å². The van der Waals surface area contributed by atoms with Crippen LogP contribution in [0.3, 0.4) is 0 Å². The zero-order chi connectivity index (χ0) is 28.5. The van der Waals surface area contributed by atoms with Crippen molar-refractivity contribution in [2.75, 3.05) is 23.8 Å². The minimum absolute atomic E-state index is 0.0365. The molecular formula is C28H36N6O4S. The number of aromatic nitrogens is 3. The van der Waals surface area contributed by atoms with Gasteiger partial charge in [-0.2, -0.15) is 8.42 Å². The van der Waals surface area contributed by atoms with Crippen LogP contribution in [0.15, 0.2) is 47.5 Å². The lowest BCUT2D eigenvalue weighted by Crippen LogP contribution is -2.41. The molecule has 0 bridgehead atoms. The zero-order valence-corrected chi connectivity index (χ0v) is 24.0. The van der Waals surface area contributed by atoms with Crippen LogP contribution in [-0.4, -0.2) is 48.0 Å². The maximum absolute atomic E-state index is 13.4. The largest absolute Gasteiger partial charge is 0.477 e. The molecule has 39 heavy (non-hydrogen) atoms. The quantitative estimate of drug-likeness (QED) is 0.420. The highest BCUT2D eigenvalue weighted by molar-refractivity contribution is 7.90. The molecule has 1 atom stereocenters. The van der Waals surface area contributed by atoms with E-state index in [0.717, 1.165) is 17.7 Å². The molecule has 1 aliphatic rings. The van der Waals surface area contributed by atoms with E-state index in [1.165, 1.54) is 18.2 Å². The number of carbonyl (C=O) groups excluding carboxylic acids is 1. The molecule has 1 aliphatic heterocycles. The number of anilines is 2. The van der Waals surface area contributed by atoms with E-state index in [9.17, 15) is 13.2 Å². The van der Waals surface area contributed by atoms with Gasteiger partial charge in [0.05, 0.1) is 23.6 Å². The van der Waals surface area contributed by atoms with E-state index < -0.39 is 15.9 Å². The Morgan fingerprint density at radius 1 is 1.15 bits per heavy atom. The van der Waals surface area contributed by atoms with Gasteiger partial charge in [0.2, 0.25) is 5.88 Å². The number of ether oxygens (including phenoxy) is 1. The fourth-order valence-electron chi connectivity index (χ4n) is 4.89. The zero-order valence-electron chi connectivity index (χ0n) is 23.2. The second kappa shape index (κ2) is 10.8. The highest BCUT2D eigenvalue weighted by Gasteiger charge is 2.39. The van der Waals surface area contributed by atoms with Crippen LogP contribution in [-0.2, 0) is 10.0 Å². The molecule has 0 saturated carbocycles. The van der Waals surface area contributed by atoms with Crippen molar-refractivity contribution in [3.8, 4) is 17.1 Å². The van der Waals surface area contributed by atoms with Gasteiger partial charge in [0.15, 0.2) is 5.03 Å². The van der Waals surface area contributed by atoms with Crippen LogP contribution in [0.5, 0.6) is 5.88 Å². The standard InChI is InChI=1S/C28H36N6O4S/c1-17(2)16-38-24-13-11-20(19(4)30-24)22-12-10-21(26(31-22)34-15-18(3)14-28(34,5)6)27(35)33-39(36,37)25-9-7-8-23(29)32-25/h7-13,17-18H,14-16H2,1-6H3,(H2,29,32)(H,33,35). The number of aryl methyl sites for hydroxylation is 1. The van der Waals surface area contributed by atoms with Crippen molar-refractivity contribution in [1.82, 2.24) is 19.7 Å². The Morgan fingerprint density at radius 2 is 1.90 bits per heavy atom. The molecule has 0 radical (unpaired) electrons. The molecule has 4 heterocycles. The van der Waals surface area contributed by atoms with Crippen molar-refractivity contribution < 1.29 is 17.9 Å². The van der Waals surface area contributed by atoms with Crippen molar-refractivity contribution >= 4 is 27.6 Å². The van der Waals surface area contributed by atoms with Crippen LogP contribution in [0, 0.1) is 18.8 Å². The number of rotatable bonds is 8. The smallest absolute Gasteiger partial charge is 0.281 e.